The van der Waals surface area contributed by atoms with E-state index in [0.717, 1.165) is 9.82 Å². The van der Waals surface area contributed by atoms with E-state index in [0.29, 0.717) is 0 Å². The molecule has 0 radical (unpaired) electrons. The molecule has 1 fully saturated rings. The Morgan fingerprint density at radius 2 is 0.632 bits per heavy atom. The maximum atomic E-state index is 13.7. The van der Waals surface area contributed by atoms with Crippen LogP contribution in [0.4, 0.5) is 79.0 Å². The molecule has 1 aliphatic rings. The molecule has 32 heteroatoms. The zero-order chi connectivity index (χ0) is 30.7. The van der Waals surface area contributed by atoms with E-state index in [2.05, 4.69) is 16.5 Å². The van der Waals surface area contributed by atoms with Gasteiger partial charge in [0, 0.05) is 9.82 Å². The van der Waals surface area contributed by atoms with Crippen LogP contribution in [0.5, 0.6) is 0 Å². The number of azide groups is 2. The lowest BCUT2D eigenvalue weighted by molar-refractivity contribution is -0.191. The van der Waals surface area contributed by atoms with Gasteiger partial charge in [0.15, 0.2) is 0 Å². The number of rotatable bonds is 2. The van der Waals surface area contributed by atoms with Crippen molar-refractivity contribution in [2.75, 3.05) is 0 Å². The second-order valence-electron chi connectivity index (χ2n) is 6.17. The third-order valence-electron chi connectivity index (χ3n) is 3.69. The van der Waals surface area contributed by atoms with Gasteiger partial charge in [-0.25, -0.2) is 0 Å². The third kappa shape index (κ3) is 5.27. The maximum absolute atomic E-state index is 13.7. The lowest BCUT2D eigenvalue weighted by atomic mass is 11.5. The molecule has 0 spiro atoms. The van der Waals surface area contributed by atoms with Crippen LogP contribution in [-0.4, -0.2) is 69.4 Å². The van der Waals surface area contributed by atoms with Crippen LogP contribution in [0.1, 0.15) is 0 Å². The lowest BCUT2D eigenvalue weighted by Gasteiger charge is -2.50. The van der Waals surface area contributed by atoms with Crippen molar-refractivity contribution in [1.82, 2.24) is 0 Å². The summed E-state index contributed by atoms with van der Waals surface area (Å²) in [5.74, 6) is -46.1. The summed E-state index contributed by atoms with van der Waals surface area (Å²) in [5.41, 5.74) is 16.5. The minimum Gasteiger partial charge on any atom is -0.398 e. The Morgan fingerprint density at radius 1 is 0.395 bits per heavy atom. The van der Waals surface area contributed by atoms with Gasteiger partial charge in [-0.3, -0.25) is 0 Å². The topological polar surface area (TPSA) is 134 Å². The molecule has 0 bridgehead atoms. The summed E-state index contributed by atoms with van der Waals surface area (Å²) in [6.07, 6.45) is 0. The van der Waals surface area contributed by atoms with Gasteiger partial charge in [0.05, 0.1) is 0 Å². The number of nitrogens with zero attached hydrogens (tertiary/aromatic N) is 6. The number of alkyl halides is 18. The van der Waals surface area contributed by atoms with Crippen molar-refractivity contribution < 1.29 is 95.5 Å². The van der Waals surface area contributed by atoms with Crippen molar-refractivity contribution >= 4 is 34.6 Å². The molecule has 0 aliphatic carbocycles. The van der Waals surface area contributed by atoms with Crippen molar-refractivity contribution in [1.29, 1.82) is 0 Å². The Bertz CT molecular complexity index is 902. The molecule has 0 aromatic rings. The first-order chi connectivity index (χ1) is 16.4. The van der Waals surface area contributed by atoms with E-state index >= 15 is 0 Å². The quantitative estimate of drug-likeness (QED) is 0.116. The Balaban J connectivity index is 4.67. The van der Waals surface area contributed by atoms with Crippen molar-refractivity contribution in [2.24, 2.45) is 9.56 Å². The summed E-state index contributed by atoms with van der Waals surface area (Å²) in [5, 5.41) is 0. The molecule has 0 saturated carbocycles. The van der Waals surface area contributed by atoms with E-state index in [1.165, 1.54) is 9.56 Å². The highest BCUT2D eigenvalue weighted by atomic mass is 28.5. The number of hydrogen-bond donors (Lipinski definition) is 0. The van der Waals surface area contributed by atoms with Gasteiger partial charge in [0.25, 0.3) is 0 Å². The summed E-state index contributed by atoms with van der Waals surface area (Å²) >= 11 is 0. The lowest BCUT2D eigenvalue weighted by Crippen LogP contribution is -2.86. The smallest absolute Gasteiger partial charge is 0.398 e. The summed E-state index contributed by atoms with van der Waals surface area (Å²) in [6.45, 7) is 0. The minimum atomic E-state index is -9.98. The first-order valence-corrected chi connectivity index (χ1v) is 14.9. The van der Waals surface area contributed by atoms with Gasteiger partial charge in [0.1, 0.15) is 0 Å². The first-order valence-electron chi connectivity index (χ1n) is 7.78. The van der Waals surface area contributed by atoms with Crippen LogP contribution in [0.25, 0.3) is 20.9 Å². The average molecular weight is 674 g/mol. The van der Waals surface area contributed by atoms with Crippen LogP contribution in [-0.2, 0) is 16.5 Å². The van der Waals surface area contributed by atoms with E-state index in [4.69, 9.17) is 11.1 Å². The maximum Gasteiger partial charge on any atom is 0.557 e. The first kappa shape index (κ1) is 34.1. The summed E-state index contributed by atoms with van der Waals surface area (Å²) in [7, 11) is -37.6. The molecular weight excluding hydrogens is 674 g/mol. The summed E-state index contributed by atoms with van der Waals surface area (Å²) in [6, 6.07) is 0. The van der Waals surface area contributed by atoms with Gasteiger partial charge in [-0.05, 0) is 20.6 Å². The van der Waals surface area contributed by atoms with Crippen LogP contribution in [0.3, 0.4) is 0 Å². The van der Waals surface area contributed by atoms with Crippen LogP contribution < -0.4 is 0 Å². The zero-order valence-corrected chi connectivity index (χ0v) is 20.1. The fourth-order valence-electron chi connectivity index (χ4n) is 2.19. The number of hydrogen-bond acceptors (Lipinski definition) is 6. The molecule has 1 heterocycles. The van der Waals surface area contributed by atoms with Crippen LogP contribution in [0.2, 0.25) is 0 Å². The van der Waals surface area contributed by atoms with E-state index in [-0.39, 0.29) is 0 Å². The van der Waals surface area contributed by atoms with Gasteiger partial charge in [-0.15, -0.1) is 0 Å². The van der Waals surface area contributed by atoms with Crippen molar-refractivity contribution in [2.45, 2.75) is 34.8 Å². The van der Waals surface area contributed by atoms with E-state index in [1.807, 2.05) is 0 Å². The highest BCUT2D eigenvalue weighted by Gasteiger charge is 2.96. The molecule has 2 unspecified atom stereocenters. The zero-order valence-electron chi connectivity index (χ0n) is 16.1. The van der Waals surface area contributed by atoms with Crippen molar-refractivity contribution in [3.63, 3.8) is 0 Å². The van der Waals surface area contributed by atoms with Gasteiger partial charge >= 0.3 is 69.4 Å². The molecule has 220 valence electrons. The van der Waals surface area contributed by atoms with Crippen molar-refractivity contribution in [3.05, 3.63) is 20.9 Å². The average Bonchev–Trinajstić information content (AvgIpc) is 2.59. The second kappa shape index (κ2) is 9.32. The number of halogens is 18. The molecule has 0 amide bonds. The molecule has 10 nitrogen and oxygen atoms in total. The molecular formula is C6F18N6O4Si4. The molecule has 2 atom stereocenters. The van der Waals surface area contributed by atoms with Crippen LogP contribution in [0, 0.1) is 0 Å². The summed E-state index contributed by atoms with van der Waals surface area (Å²) < 4.78 is 258. The Hall–Kier alpha value is -1.93. The third-order valence-corrected chi connectivity index (χ3v) is 17.8. The largest absolute Gasteiger partial charge is 0.557 e. The molecule has 0 N–H and O–H groups in total. The highest BCUT2D eigenvalue weighted by molar-refractivity contribution is 6.97. The van der Waals surface area contributed by atoms with Gasteiger partial charge < -0.3 is 16.5 Å². The molecule has 1 aliphatic heterocycles. The van der Waals surface area contributed by atoms with Gasteiger partial charge in [-0.2, -0.15) is 79.0 Å². The Morgan fingerprint density at radius 3 is 0.789 bits per heavy atom. The molecule has 0 aromatic carbocycles. The molecule has 38 heavy (non-hydrogen) atoms. The minimum absolute atomic E-state index is 1.02. The van der Waals surface area contributed by atoms with E-state index in [9.17, 15) is 79.0 Å². The summed E-state index contributed by atoms with van der Waals surface area (Å²) in [4.78, 5) is 2.04. The van der Waals surface area contributed by atoms with E-state index < -0.39 is 69.4 Å². The van der Waals surface area contributed by atoms with Gasteiger partial charge in [-0.1, -0.05) is 0 Å². The SMILES string of the molecule is [N-]=[N+]=N[Si]1(C(F)(F)F)O[Si](N=[N+]=[N-])(C(F)(F)F)O[Si](C(F)(F)F)(C(F)(F)F)O[Si](C(F)(F)F)(C(F)(F)F)O1. The normalized spacial score (nSPS) is 27.4. The standard InChI is InChI=1S/C6F18N6O4Si4/c7-1(8,9)35(2(10,11)12)31-36(3(13,14)15,4(16,17)18)33-38(30-28-26,6(22,23)24)34-37(32-35,29-27-25)5(19,20)21. The highest BCUT2D eigenvalue weighted by Crippen LogP contribution is 2.57. The predicted octanol–water partition coefficient (Wildman–Crippen LogP) is 6.06. The van der Waals surface area contributed by atoms with Gasteiger partial charge in [0.2, 0.25) is 0 Å². The second-order valence-corrected chi connectivity index (χ2v) is 18.0. The Labute approximate surface area is 196 Å². The fraction of sp³-hybridized carbons (Fsp3) is 1.00. The predicted molar refractivity (Wildman–Crippen MR) is 82.0 cm³/mol. The molecule has 0 aromatic heterocycles. The monoisotopic (exact) mass is 674 g/mol. The van der Waals surface area contributed by atoms with Crippen LogP contribution in [0.15, 0.2) is 9.56 Å². The van der Waals surface area contributed by atoms with Crippen molar-refractivity contribution in [3.8, 4) is 0 Å². The van der Waals surface area contributed by atoms with Crippen LogP contribution >= 0.6 is 0 Å². The fourth-order valence-corrected chi connectivity index (χ4v) is 17.9. The molecule has 1 rings (SSSR count). The Kier molecular flexibility index (Phi) is 8.37. The molecule has 1 saturated heterocycles. The van der Waals surface area contributed by atoms with E-state index in [1.54, 1.807) is 0 Å².